The van der Waals surface area contributed by atoms with Crippen molar-refractivity contribution in [2.75, 3.05) is 19.6 Å². The highest BCUT2D eigenvalue weighted by molar-refractivity contribution is 14.0. The molecule has 1 aliphatic heterocycles. The van der Waals surface area contributed by atoms with Crippen molar-refractivity contribution in [2.24, 2.45) is 4.99 Å². The van der Waals surface area contributed by atoms with Gasteiger partial charge in [-0.1, -0.05) is 30.3 Å². The number of aliphatic hydroxyl groups is 1. The summed E-state index contributed by atoms with van der Waals surface area (Å²) in [6.07, 6.45) is 1.53. The van der Waals surface area contributed by atoms with Gasteiger partial charge in [0, 0.05) is 37.8 Å². The topological polar surface area (TPSA) is 59.9 Å². The predicted octanol–water partition coefficient (Wildman–Crippen LogP) is 4.36. The van der Waals surface area contributed by atoms with E-state index < -0.39 is 11.6 Å². The molecule has 5 nitrogen and oxygen atoms in total. The van der Waals surface area contributed by atoms with Crippen molar-refractivity contribution in [3.8, 4) is 0 Å². The van der Waals surface area contributed by atoms with Crippen LogP contribution in [0.3, 0.4) is 0 Å². The molecule has 3 rings (SSSR count). The lowest BCUT2D eigenvalue weighted by molar-refractivity contribution is 0.0792. The van der Waals surface area contributed by atoms with Crippen molar-refractivity contribution in [2.45, 2.75) is 51.9 Å². The van der Waals surface area contributed by atoms with E-state index in [1.165, 1.54) is 17.7 Å². The summed E-state index contributed by atoms with van der Waals surface area (Å²) >= 11 is 0. The highest BCUT2D eigenvalue weighted by atomic mass is 127. The number of likely N-dealkylation sites (tertiary alicyclic amines) is 1. The van der Waals surface area contributed by atoms with Gasteiger partial charge in [0.25, 0.3) is 0 Å². The fraction of sp³-hybridized carbons (Fsp3) is 0.458. The van der Waals surface area contributed by atoms with Crippen molar-refractivity contribution < 1.29 is 13.9 Å². The summed E-state index contributed by atoms with van der Waals surface area (Å²) in [7, 11) is 0. The summed E-state index contributed by atoms with van der Waals surface area (Å²) in [6, 6.07) is 11.6. The number of nitrogens with one attached hydrogen (secondary N) is 2. The van der Waals surface area contributed by atoms with Crippen LogP contribution in [0.2, 0.25) is 0 Å². The van der Waals surface area contributed by atoms with Crippen molar-refractivity contribution in [3.05, 3.63) is 70.8 Å². The summed E-state index contributed by atoms with van der Waals surface area (Å²) in [6.45, 7) is 7.70. The maximum atomic E-state index is 14.1. The van der Waals surface area contributed by atoms with Crippen LogP contribution in [0.15, 0.2) is 47.5 Å². The summed E-state index contributed by atoms with van der Waals surface area (Å²) in [5.41, 5.74) is 2.71. The molecule has 3 N–H and O–H groups in total. The zero-order valence-corrected chi connectivity index (χ0v) is 21.0. The minimum Gasteiger partial charge on any atom is -0.393 e. The smallest absolute Gasteiger partial charge is 0.192 e. The molecule has 0 saturated carbocycles. The molecule has 0 radical (unpaired) electrons. The summed E-state index contributed by atoms with van der Waals surface area (Å²) < 4.78 is 27.2. The van der Waals surface area contributed by atoms with Gasteiger partial charge in [0.2, 0.25) is 0 Å². The average Bonchev–Trinajstić information content (AvgIpc) is 2.74. The van der Waals surface area contributed by atoms with Crippen LogP contribution >= 0.6 is 24.0 Å². The number of aliphatic imine (C=N–C) groups is 1. The van der Waals surface area contributed by atoms with E-state index in [9.17, 15) is 13.9 Å². The number of guanidine groups is 1. The molecular weight excluding hydrogens is 525 g/mol. The molecule has 0 aliphatic carbocycles. The number of rotatable bonds is 7. The van der Waals surface area contributed by atoms with Crippen LogP contribution in [0.25, 0.3) is 0 Å². The average molecular weight is 558 g/mol. The molecule has 0 spiro atoms. The van der Waals surface area contributed by atoms with Crippen LogP contribution in [0.1, 0.15) is 49.4 Å². The Bertz CT molecular complexity index is 871. The minimum atomic E-state index is -0.588. The molecule has 1 heterocycles. The molecule has 2 aromatic rings. The van der Waals surface area contributed by atoms with Crippen molar-refractivity contribution >= 4 is 29.9 Å². The first-order valence-corrected chi connectivity index (χ1v) is 10.9. The highest BCUT2D eigenvalue weighted by Crippen LogP contribution is 2.18. The monoisotopic (exact) mass is 558 g/mol. The van der Waals surface area contributed by atoms with E-state index >= 15 is 0 Å². The van der Waals surface area contributed by atoms with Crippen LogP contribution in [0, 0.1) is 11.6 Å². The van der Waals surface area contributed by atoms with E-state index in [2.05, 4.69) is 44.8 Å². The molecule has 176 valence electrons. The Morgan fingerprint density at radius 2 is 1.78 bits per heavy atom. The second-order valence-corrected chi connectivity index (χ2v) is 8.05. The third-order valence-corrected chi connectivity index (χ3v) is 5.53. The molecule has 8 heteroatoms. The van der Waals surface area contributed by atoms with E-state index in [1.54, 1.807) is 0 Å². The Labute approximate surface area is 206 Å². The normalized spacial score (nSPS) is 16.3. The molecule has 1 unspecified atom stereocenters. The summed E-state index contributed by atoms with van der Waals surface area (Å²) in [5, 5.41) is 16.0. The molecule has 0 bridgehead atoms. The number of aliphatic hydroxyl groups excluding tert-OH is 1. The maximum absolute atomic E-state index is 14.1. The van der Waals surface area contributed by atoms with Gasteiger partial charge in [-0.25, -0.2) is 13.8 Å². The van der Waals surface area contributed by atoms with Crippen LogP contribution < -0.4 is 10.6 Å². The van der Waals surface area contributed by atoms with E-state index in [1.807, 2.05) is 13.8 Å². The summed E-state index contributed by atoms with van der Waals surface area (Å²) in [4.78, 5) is 6.97. The molecule has 1 aliphatic rings. The number of benzene rings is 2. The number of halogens is 3. The lowest BCUT2D eigenvalue weighted by Gasteiger charge is -2.29. The number of hydrogen-bond donors (Lipinski definition) is 3. The fourth-order valence-electron chi connectivity index (χ4n) is 3.71. The third kappa shape index (κ3) is 7.97. The lowest BCUT2D eigenvalue weighted by Crippen LogP contribution is -2.39. The Morgan fingerprint density at radius 1 is 1.12 bits per heavy atom. The zero-order chi connectivity index (χ0) is 22.2. The first-order valence-electron chi connectivity index (χ1n) is 10.9. The molecule has 1 atom stereocenters. The third-order valence-electron chi connectivity index (χ3n) is 5.53. The molecular formula is C24H33F2IN4O. The molecule has 0 amide bonds. The van der Waals surface area contributed by atoms with Gasteiger partial charge in [-0.2, -0.15) is 0 Å². The van der Waals surface area contributed by atoms with E-state index in [-0.39, 0.29) is 36.1 Å². The van der Waals surface area contributed by atoms with E-state index in [0.717, 1.165) is 44.1 Å². The predicted molar refractivity (Wildman–Crippen MR) is 135 cm³/mol. The van der Waals surface area contributed by atoms with Gasteiger partial charge in [-0.15, -0.1) is 24.0 Å². The van der Waals surface area contributed by atoms with Gasteiger partial charge in [0.1, 0.15) is 11.6 Å². The van der Waals surface area contributed by atoms with Gasteiger partial charge in [0.15, 0.2) is 5.96 Å². The second-order valence-electron chi connectivity index (χ2n) is 8.05. The quantitative estimate of drug-likeness (QED) is 0.269. The Hall–Kier alpha value is -1.78. The zero-order valence-electron chi connectivity index (χ0n) is 18.7. The molecule has 32 heavy (non-hydrogen) atoms. The SMILES string of the molecule is CCNC(=NCc1ccc(CN2CCC(O)CC2)cc1)NC(C)c1ccc(F)cc1F.I. The number of piperidine rings is 1. The largest absolute Gasteiger partial charge is 0.393 e. The van der Waals surface area contributed by atoms with E-state index in [4.69, 9.17) is 0 Å². The molecule has 0 aromatic heterocycles. The van der Waals surface area contributed by atoms with Gasteiger partial charge >= 0.3 is 0 Å². The lowest BCUT2D eigenvalue weighted by atomic mass is 10.1. The fourth-order valence-corrected chi connectivity index (χ4v) is 3.71. The molecule has 1 fully saturated rings. The van der Waals surface area contributed by atoms with Crippen LogP contribution in [0.5, 0.6) is 0 Å². The first kappa shape index (κ1) is 26.5. The minimum absolute atomic E-state index is 0. The van der Waals surface area contributed by atoms with Crippen molar-refractivity contribution in [1.29, 1.82) is 0 Å². The van der Waals surface area contributed by atoms with Crippen molar-refractivity contribution in [1.82, 2.24) is 15.5 Å². The van der Waals surface area contributed by atoms with Gasteiger partial charge in [-0.05, 0) is 43.9 Å². The van der Waals surface area contributed by atoms with Crippen molar-refractivity contribution in [3.63, 3.8) is 0 Å². The van der Waals surface area contributed by atoms with Crippen LogP contribution in [0.4, 0.5) is 8.78 Å². The van der Waals surface area contributed by atoms with Gasteiger partial charge in [0.05, 0.1) is 18.7 Å². The highest BCUT2D eigenvalue weighted by Gasteiger charge is 2.17. The number of nitrogens with zero attached hydrogens (tertiary/aromatic N) is 2. The maximum Gasteiger partial charge on any atom is 0.192 e. The molecule has 1 saturated heterocycles. The van der Waals surface area contributed by atoms with E-state index in [0.29, 0.717) is 24.6 Å². The second kappa shape index (κ2) is 13.1. The Morgan fingerprint density at radius 3 is 2.41 bits per heavy atom. The van der Waals surface area contributed by atoms with Crippen LogP contribution in [-0.4, -0.2) is 41.7 Å². The summed E-state index contributed by atoms with van der Waals surface area (Å²) in [5.74, 6) is -0.584. The first-order chi connectivity index (χ1) is 14.9. The molecule has 2 aromatic carbocycles. The van der Waals surface area contributed by atoms with Gasteiger partial charge in [-0.3, -0.25) is 4.90 Å². The standard InChI is InChI=1S/C24H32F2N4O.HI/c1-3-27-24(29-17(2)22-9-8-20(25)14-23(22)26)28-15-18-4-6-19(7-5-18)16-30-12-10-21(31)11-13-30;/h4-9,14,17,21,31H,3,10-13,15-16H2,1-2H3,(H2,27,28,29);1H. The number of hydrogen-bond acceptors (Lipinski definition) is 3. The Balaban J connectivity index is 0.00000363. The Kier molecular flexibility index (Phi) is 10.8. The van der Waals surface area contributed by atoms with Crippen LogP contribution in [-0.2, 0) is 13.1 Å². The van der Waals surface area contributed by atoms with Gasteiger partial charge < -0.3 is 15.7 Å².